The first-order valence-corrected chi connectivity index (χ1v) is 9.38. The van der Waals surface area contributed by atoms with Gasteiger partial charge in [0.05, 0.1) is 26.9 Å². The van der Waals surface area contributed by atoms with E-state index in [0.717, 1.165) is 12.2 Å². The monoisotopic (exact) mass is 464 g/mol. The Morgan fingerprint density at radius 1 is 0.848 bits per heavy atom. The maximum absolute atomic E-state index is 10.2. The maximum atomic E-state index is 10.2. The van der Waals surface area contributed by atoms with Crippen molar-refractivity contribution in [2.45, 2.75) is 13.0 Å². The molecule has 0 radical (unpaired) electrons. The molecule has 0 aliphatic heterocycles. The Hall–Kier alpha value is -4.02. The molecule has 0 aliphatic rings. The third-order valence-corrected chi connectivity index (χ3v) is 3.51. The second-order valence-corrected chi connectivity index (χ2v) is 6.24. The number of aliphatic hydroxyl groups is 2. The number of carbonyl (C=O) groups is 2. The summed E-state index contributed by atoms with van der Waals surface area (Å²) >= 11 is 0. The molecule has 0 spiro atoms. The zero-order valence-electron chi connectivity index (χ0n) is 18.4. The summed E-state index contributed by atoms with van der Waals surface area (Å²) in [5.74, 6) is -1.34. The number of carboxylic acid groups (broad SMARTS) is 2. The molecule has 33 heavy (non-hydrogen) atoms. The van der Waals surface area contributed by atoms with Gasteiger partial charge in [-0.05, 0) is 54.5 Å². The number of aliphatic carboxylic acids is 2. The number of ether oxygens (including phenoxy) is 2. The molecule has 0 amide bonds. The van der Waals surface area contributed by atoms with Gasteiger partial charge in [-0.25, -0.2) is 9.59 Å². The van der Waals surface area contributed by atoms with Crippen molar-refractivity contribution < 1.29 is 49.7 Å². The number of hydrogen-bond acceptors (Lipinski definition) is 8. The number of methoxy groups -OCH3 is 2. The number of aliphatic hydroxyl groups excluding tert-OH is 2. The average molecular weight is 464 g/mol. The van der Waals surface area contributed by atoms with Gasteiger partial charge >= 0.3 is 11.9 Å². The summed E-state index contributed by atoms with van der Waals surface area (Å²) in [4.78, 5) is 20.5. The molecule has 10 heteroatoms. The van der Waals surface area contributed by atoms with Gasteiger partial charge in [0.25, 0.3) is 0 Å². The number of benzene rings is 2. The Morgan fingerprint density at radius 3 is 1.42 bits per heavy atom. The van der Waals surface area contributed by atoms with Gasteiger partial charge < -0.3 is 40.1 Å². The highest BCUT2D eigenvalue weighted by Gasteiger charge is 2.01. The number of carboxylic acids is 2. The lowest BCUT2D eigenvalue weighted by Crippen LogP contribution is -2.03. The molecule has 0 bridgehead atoms. The quantitative estimate of drug-likeness (QED) is 0.334. The molecule has 2 aromatic carbocycles. The standard InChI is InChI=1S/2C10H10O4.C3H8O2/c2*1-14-9-6-7(2-4-8(9)11)3-5-10(12)13;1-3(5)2-4/h2*2-6,11H,1H3,(H,12,13);3-5H,2H2,1H3. The van der Waals surface area contributed by atoms with E-state index >= 15 is 0 Å². The second-order valence-electron chi connectivity index (χ2n) is 6.24. The summed E-state index contributed by atoms with van der Waals surface area (Å²) < 4.78 is 9.72. The smallest absolute Gasteiger partial charge is 0.328 e. The van der Waals surface area contributed by atoms with Crippen LogP contribution in [0.3, 0.4) is 0 Å². The maximum Gasteiger partial charge on any atom is 0.328 e. The summed E-state index contributed by atoms with van der Waals surface area (Å²) in [6, 6.07) is 9.18. The topological polar surface area (TPSA) is 174 Å². The van der Waals surface area contributed by atoms with Gasteiger partial charge in [-0.15, -0.1) is 0 Å². The van der Waals surface area contributed by atoms with Gasteiger partial charge in [0.15, 0.2) is 23.0 Å². The van der Waals surface area contributed by atoms with Crippen LogP contribution in [0.2, 0.25) is 0 Å². The first-order valence-electron chi connectivity index (χ1n) is 9.38. The Balaban J connectivity index is 0.000000517. The van der Waals surface area contributed by atoms with E-state index in [4.69, 9.17) is 29.9 Å². The summed E-state index contributed by atoms with van der Waals surface area (Å²) in [6.07, 6.45) is 4.32. The van der Waals surface area contributed by atoms with Crippen LogP contribution in [-0.4, -0.2) is 69.5 Å². The Morgan fingerprint density at radius 2 is 1.18 bits per heavy atom. The zero-order chi connectivity index (χ0) is 25.4. The Labute approximate surface area is 190 Å². The van der Waals surface area contributed by atoms with Crippen LogP contribution in [-0.2, 0) is 9.59 Å². The van der Waals surface area contributed by atoms with Gasteiger partial charge in [0.2, 0.25) is 0 Å². The molecular weight excluding hydrogens is 436 g/mol. The van der Waals surface area contributed by atoms with E-state index in [-0.39, 0.29) is 18.1 Å². The van der Waals surface area contributed by atoms with Crippen LogP contribution in [0.5, 0.6) is 23.0 Å². The van der Waals surface area contributed by atoms with Crippen LogP contribution >= 0.6 is 0 Å². The van der Waals surface area contributed by atoms with Crippen molar-refractivity contribution in [1.82, 2.24) is 0 Å². The first-order chi connectivity index (χ1) is 15.5. The van der Waals surface area contributed by atoms with Crippen molar-refractivity contribution >= 4 is 24.1 Å². The SMILES string of the molecule is CC(O)CO.COc1cc(C=CC(=O)O)ccc1O.COc1cc(C=CC(=O)O)ccc1O. The summed E-state index contributed by atoms with van der Waals surface area (Å²) in [5, 5.41) is 51.3. The van der Waals surface area contributed by atoms with Gasteiger partial charge in [-0.2, -0.15) is 0 Å². The third-order valence-electron chi connectivity index (χ3n) is 3.51. The largest absolute Gasteiger partial charge is 0.504 e. The lowest BCUT2D eigenvalue weighted by atomic mass is 10.2. The summed E-state index contributed by atoms with van der Waals surface area (Å²) in [6.45, 7) is 1.39. The van der Waals surface area contributed by atoms with Gasteiger partial charge in [0, 0.05) is 12.2 Å². The average Bonchev–Trinajstić information content (AvgIpc) is 2.78. The van der Waals surface area contributed by atoms with Crippen molar-refractivity contribution in [2.24, 2.45) is 0 Å². The van der Waals surface area contributed by atoms with Gasteiger partial charge in [0.1, 0.15) is 0 Å². The van der Waals surface area contributed by atoms with Crippen molar-refractivity contribution in [3.63, 3.8) is 0 Å². The van der Waals surface area contributed by atoms with Crippen molar-refractivity contribution in [3.05, 3.63) is 59.7 Å². The second kappa shape index (κ2) is 15.7. The fraction of sp³-hybridized carbons (Fsp3) is 0.217. The Kier molecular flexibility index (Phi) is 13.8. The van der Waals surface area contributed by atoms with Crippen LogP contribution in [0.25, 0.3) is 12.2 Å². The third kappa shape index (κ3) is 13.1. The highest BCUT2D eigenvalue weighted by Crippen LogP contribution is 2.27. The van der Waals surface area contributed by atoms with Crippen LogP contribution in [0, 0.1) is 0 Å². The summed E-state index contributed by atoms with van der Waals surface area (Å²) in [7, 11) is 2.86. The minimum Gasteiger partial charge on any atom is -0.504 e. The van der Waals surface area contributed by atoms with Crippen molar-refractivity contribution in [3.8, 4) is 23.0 Å². The fourth-order valence-electron chi connectivity index (χ4n) is 1.93. The van der Waals surface area contributed by atoms with Crippen molar-refractivity contribution in [1.29, 1.82) is 0 Å². The predicted octanol–water partition coefficient (Wildman–Crippen LogP) is 2.36. The fourth-order valence-corrected chi connectivity index (χ4v) is 1.93. The van der Waals surface area contributed by atoms with E-state index < -0.39 is 18.0 Å². The minimum absolute atomic E-state index is 0.0278. The number of phenols is 2. The number of rotatable bonds is 7. The molecule has 0 saturated carbocycles. The zero-order valence-corrected chi connectivity index (χ0v) is 18.4. The molecule has 0 aliphatic carbocycles. The molecule has 1 atom stereocenters. The lowest BCUT2D eigenvalue weighted by molar-refractivity contribution is -0.132. The van der Waals surface area contributed by atoms with E-state index in [0.29, 0.717) is 22.6 Å². The Bertz CT molecular complexity index is 875. The molecule has 0 heterocycles. The molecule has 10 nitrogen and oxygen atoms in total. The highest BCUT2D eigenvalue weighted by atomic mass is 16.5. The van der Waals surface area contributed by atoms with E-state index in [2.05, 4.69) is 0 Å². The number of aromatic hydroxyl groups is 2. The number of phenolic OH excluding ortho intramolecular Hbond substituents is 2. The van der Waals surface area contributed by atoms with Crippen LogP contribution in [0.1, 0.15) is 18.1 Å². The molecule has 0 aromatic heterocycles. The van der Waals surface area contributed by atoms with E-state index in [9.17, 15) is 19.8 Å². The molecule has 0 saturated heterocycles. The predicted molar refractivity (Wildman–Crippen MR) is 121 cm³/mol. The van der Waals surface area contributed by atoms with E-state index in [1.54, 1.807) is 24.3 Å². The van der Waals surface area contributed by atoms with Gasteiger partial charge in [-0.1, -0.05) is 12.1 Å². The highest BCUT2D eigenvalue weighted by molar-refractivity contribution is 5.85. The normalized spacial score (nSPS) is 11.1. The molecule has 2 rings (SSSR count). The lowest BCUT2D eigenvalue weighted by Gasteiger charge is -2.03. The molecule has 180 valence electrons. The van der Waals surface area contributed by atoms with Gasteiger partial charge in [-0.3, -0.25) is 0 Å². The molecular formula is C23H28O10. The van der Waals surface area contributed by atoms with Crippen LogP contribution < -0.4 is 9.47 Å². The van der Waals surface area contributed by atoms with Crippen LogP contribution in [0.15, 0.2) is 48.6 Å². The summed E-state index contributed by atoms with van der Waals surface area (Å²) in [5.41, 5.74) is 1.31. The molecule has 2 aromatic rings. The molecule has 6 N–H and O–H groups in total. The molecule has 1 unspecified atom stereocenters. The van der Waals surface area contributed by atoms with Crippen LogP contribution in [0.4, 0.5) is 0 Å². The van der Waals surface area contributed by atoms with Crippen molar-refractivity contribution in [2.75, 3.05) is 20.8 Å². The van der Waals surface area contributed by atoms with E-state index in [1.165, 1.54) is 45.4 Å². The minimum atomic E-state index is -1.02. The number of hydrogen-bond donors (Lipinski definition) is 6. The first kappa shape index (κ1) is 29.0. The molecule has 0 fully saturated rings. The van der Waals surface area contributed by atoms with E-state index in [1.807, 2.05) is 0 Å².